The van der Waals surface area contributed by atoms with E-state index in [2.05, 4.69) is 16.3 Å². The number of benzene rings is 1. The molecule has 1 unspecified atom stereocenters. The van der Waals surface area contributed by atoms with Crippen LogP contribution in [0.25, 0.3) is 10.4 Å². The van der Waals surface area contributed by atoms with Crippen LogP contribution in [0.5, 0.6) is 0 Å². The predicted octanol–water partition coefficient (Wildman–Crippen LogP) is 3.75. The molecule has 1 N–H and O–H groups in total. The largest absolute Gasteiger partial charge is 0.369 e. The smallest absolute Gasteiger partial charge is 0.225 e. The highest BCUT2D eigenvalue weighted by Gasteiger charge is 2.48. The first-order valence-electron chi connectivity index (χ1n) is 12.1. The molecule has 186 valence electrons. The number of alkyl halides is 1. The number of halogens is 1. The Morgan fingerprint density at radius 1 is 1.23 bits per heavy atom. The molecular formula is C25H29FN4O3S2. The van der Waals surface area contributed by atoms with Crippen LogP contribution in [-0.2, 0) is 14.6 Å². The molecule has 2 aromatic rings. The Bertz CT molecular complexity index is 1250. The van der Waals surface area contributed by atoms with Crippen LogP contribution >= 0.6 is 11.3 Å². The van der Waals surface area contributed by atoms with Gasteiger partial charge in [0.1, 0.15) is 11.7 Å². The Hall–Kier alpha value is -2.51. The fourth-order valence-corrected chi connectivity index (χ4v) is 7.35. The second-order valence-corrected chi connectivity index (χ2v) is 13.4. The van der Waals surface area contributed by atoms with Gasteiger partial charge in [-0.2, -0.15) is 5.26 Å². The van der Waals surface area contributed by atoms with E-state index < -0.39 is 27.5 Å². The number of sulfone groups is 1. The van der Waals surface area contributed by atoms with Gasteiger partial charge in [0.2, 0.25) is 5.91 Å². The van der Waals surface area contributed by atoms with Crippen LogP contribution in [-0.4, -0.2) is 55.6 Å². The number of nitriles is 1. The molecule has 1 aliphatic heterocycles. The molecule has 1 saturated heterocycles. The molecule has 7 nitrogen and oxygen atoms in total. The fraction of sp³-hybridized carbons (Fsp3) is 0.560. The minimum atomic E-state index is -2.94. The Labute approximate surface area is 209 Å². The third kappa shape index (κ3) is 5.07. The molecule has 0 bridgehead atoms. The van der Waals surface area contributed by atoms with Crippen molar-refractivity contribution in [2.75, 3.05) is 29.5 Å². The number of thiazole rings is 1. The van der Waals surface area contributed by atoms with E-state index in [4.69, 9.17) is 4.98 Å². The van der Waals surface area contributed by atoms with Gasteiger partial charge in [-0.15, -0.1) is 11.3 Å². The van der Waals surface area contributed by atoms with E-state index in [9.17, 15) is 22.9 Å². The summed E-state index contributed by atoms with van der Waals surface area (Å²) < 4.78 is 37.9. The molecule has 0 radical (unpaired) electrons. The molecule has 2 aliphatic carbocycles. The molecule has 1 aromatic carbocycles. The molecular weight excluding hydrogens is 487 g/mol. The molecule has 1 aromatic heterocycles. The Morgan fingerprint density at radius 3 is 2.54 bits per heavy atom. The highest BCUT2D eigenvalue weighted by molar-refractivity contribution is 7.91. The summed E-state index contributed by atoms with van der Waals surface area (Å²) in [6.45, 7) is 2.91. The van der Waals surface area contributed by atoms with E-state index in [1.165, 1.54) is 0 Å². The molecule has 0 spiro atoms. The van der Waals surface area contributed by atoms with Crippen molar-refractivity contribution in [1.82, 2.24) is 10.3 Å². The van der Waals surface area contributed by atoms with Gasteiger partial charge in [-0.3, -0.25) is 4.79 Å². The third-order valence-electron chi connectivity index (χ3n) is 7.40. The summed E-state index contributed by atoms with van der Waals surface area (Å²) in [7, 11) is -2.94. The van der Waals surface area contributed by atoms with Gasteiger partial charge in [-0.25, -0.2) is 17.8 Å². The number of hydrogen-bond donors (Lipinski definition) is 1. The van der Waals surface area contributed by atoms with E-state index in [0.717, 1.165) is 26.8 Å². The summed E-state index contributed by atoms with van der Waals surface area (Å²) in [6, 6.07) is 10.2. The number of nitrogens with zero attached hydrogens (tertiary/aromatic N) is 3. The van der Waals surface area contributed by atoms with E-state index in [0.29, 0.717) is 38.8 Å². The number of amides is 1. The lowest BCUT2D eigenvalue weighted by atomic mass is 9.75. The number of carbonyl (C=O) groups is 1. The maximum atomic E-state index is 14.4. The van der Waals surface area contributed by atoms with Crippen molar-refractivity contribution in [3.8, 4) is 16.5 Å². The quantitative estimate of drug-likeness (QED) is 0.649. The zero-order valence-electron chi connectivity index (χ0n) is 19.7. The first-order chi connectivity index (χ1) is 16.7. The van der Waals surface area contributed by atoms with Crippen molar-refractivity contribution in [1.29, 1.82) is 5.26 Å². The number of hydrogen-bond acceptors (Lipinski definition) is 7. The monoisotopic (exact) mass is 516 g/mol. The third-order valence-corrected chi connectivity index (χ3v) is 10.0. The highest BCUT2D eigenvalue weighted by Crippen LogP contribution is 2.45. The number of nitrogens with one attached hydrogen (secondary N) is 1. The van der Waals surface area contributed by atoms with Crippen LogP contribution in [0.2, 0.25) is 0 Å². The van der Waals surface area contributed by atoms with Crippen LogP contribution in [0.4, 0.5) is 10.1 Å². The average molecular weight is 517 g/mol. The lowest BCUT2D eigenvalue weighted by molar-refractivity contribution is -0.128. The van der Waals surface area contributed by atoms with Gasteiger partial charge >= 0.3 is 0 Å². The molecule has 2 heterocycles. The lowest BCUT2D eigenvalue weighted by Crippen LogP contribution is -2.44. The van der Waals surface area contributed by atoms with Crippen molar-refractivity contribution in [3.63, 3.8) is 0 Å². The second kappa shape index (κ2) is 9.17. The predicted molar refractivity (Wildman–Crippen MR) is 134 cm³/mol. The van der Waals surface area contributed by atoms with Crippen LogP contribution < -0.4 is 10.2 Å². The lowest BCUT2D eigenvalue weighted by Gasteiger charge is -2.32. The van der Waals surface area contributed by atoms with Crippen LogP contribution in [0.3, 0.4) is 0 Å². The molecule has 3 fully saturated rings. The minimum absolute atomic E-state index is 0.144. The summed E-state index contributed by atoms with van der Waals surface area (Å²) in [5.41, 5.74) is 2.01. The van der Waals surface area contributed by atoms with Crippen molar-refractivity contribution >= 4 is 32.8 Å². The van der Waals surface area contributed by atoms with Gasteiger partial charge < -0.3 is 10.2 Å². The SMILES string of the molecule is Cc1nc([C@@H]2CC[C@H](F)CC2C(=O)NC2(C#N)CC2)c(-c2ccc(N3CCS(=O)(=O)CC3)cc2)s1. The standard InChI is InChI=1S/C25H29FN4O3S2/c1-16-28-22(20-7-4-18(26)14-21(20)24(31)29-25(15-27)8-9-25)23(34-16)17-2-5-19(6-3-17)30-10-12-35(32,33)13-11-30/h2-3,5-6,18,20-21H,4,7-14H2,1H3,(H,29,31)/t18-,20+,21?/m0/s1. The molecule has 10 heteroatoms. The van der Waals surface area contributed by atoms with E-state index in [-0.39, 0.29) is 29.8 Å². The normalized spacial score (nSPS) is 27.1. The average Bonchev–Trinajstić information content (AvgIpc) is 3.51. The molecule has 35 heavy (non-hydrogen) atoms. The Morgan fingerprint density at radius 2 is 1.91 bits per heavy atom. The number of carbonyl (C=O) groups excluding carboxylic acids is 1. The van der Waals surface area contributed by atoms with Gasteiger partial charge in [0.25, 0.3) is 0 Å². The molecule has 2 saturated carbocycles. The van der Waals surface area contributed by atoms with E-state index in [1.807, 2.05) is 31.2 Å². The number of rotatable bonds is 5. The molecule has 3 atom stereocenters. The van der Waals surface area contributed by atoms with Crippen LogP contribution in [0, 0.1) is 24.2 Å². The van der Waals surface area contributed by atoms with Gasteiger partial charge in [-0.1, -0.05) is 12.1 Å². The number of aromatic nitrogens is 1. The zero-order valence-corrected chi connectivity index (χ0v) is 21.3. The van der Waals surface area contributed by atoms with Crippen LogP contribution in [0.15, 0.2) is 24.3 Å². The number of anilines is 1. The van der Waals surface area contributed by atoms with Gasteiger partial charge in [-0.05, 0) is 56.7 Å². The first kappa shape index (κ1) is 24.2. The zero-order chi connectivity index (χ0) is 24.8. The highest BCUT2D eigenvalue weighted by atomic mass is 32.2. The van der Waals surface area contributed by atoms with Crippen molar-refractivity contribution in [3.05, 3.63) is 35.0 Å². The van der Waals surface area contributed by atoms with Crippen molar-refractivity contribution in [2.45, 2.75) is 56.7 Å². The number of aryl methyl sites for hydroxylation is 1. The summed E-state index contributed by atoms with van der Waals surface area (Å²) >= 11 is 1.57. The maximum Gasteiger partial charge on any atom is 0.225 e. The van der Waals surface area contributed by atoms with E-state index >= 15 is 0 Å². The van der Waals surface area contributed by atoms with Gasteiger partial charge in [0.05, 0.1) is 33.2 Å². The summed E-state index contributed by atoms with van der Waals surface area (Å²) in [6.07, 6.45) is 1.32. The van der Waals surface area contributed by atoms with Crippen molar-refractivity contribution < 1.29 is 17.6 Å². The van der Waals surface area contributed by atoms with Crippen LogP contribution in [0.1, 0.15) is 48.7 Å². The maximum absolute atomic E-state index is 14.4. The Balaban J connectivity index is 1.40. The van der Waals surface area contributed by atoms with Gasteiger partial charge in [0.15, 0.2) is 9.84 Å². The first-order valence-corrected chi connectivity index (χ1v) is 14.7. The fourth-order valence-electron chi connectivity index (χ4n) is 5.15. The van der Waals surface area contributed by atoms with Gasteiger partial charge in [0, 0.05) is 30.6 Å². The molecule has 3 aliphatic rings. The summed E-state index contributed by atoms with van der Waals surface area (Å²) in [5.74, 6) is -0.673. The molecule has 1 amide bonds. The Kier molecular flexibility index (Phi) is 6.34. The second-order valence-electron chi connectivity index (χ2n) is 9.94. The van der Waals surface area contributed by atoms with E-state index in [1.54, 1.807) is 11.3 Å². The summed E-state index contributed by atoms with van der Waals surface area (Å²) in [5, 5.41) is 13.2. The minimum Gasteiger partial charge on any atom is -0.369 e. The topological polar surface area (TPSA) is 103 Å². The molecule has 5 rings (SSSR count). The van der Waals surface area contributed by atoms with Crippen molar-refractivity contribution in [2.24, 2.45) is 5.92 Å². The summed E-state index contributed by atoms with van der Waals surface area (Å²) in [4.78, 5) is 21.0.